The molecule has 0 fully saturated rings. The van der Waals surface area contributed by atoms with Crippen molar-refractivity contribution in [2.24, 2.45) is 0 Å². The van der Waals surface area contributed by atoms with E-state index in [0.717, 1.165) is 0 Å². The van der Waals surface area contributed by atoms with Crippen LogP contribution in [0, 0.1) is 0 Å². The molecule has 2 aliphatic carbocycles. The SMILES string of the molecule is CB(C1(C)C(C)=C(C)C(C)=C1C)C1(C)C(C)=C(C)C(C)=C1C. The lowest BCUT2D eigenvalue weighted by atomic mass is 9.20. The van der Waals surface area contributed by atoms with Crippen LogP contribution in [0.15, 0.2) is 44.6 Å². The summed E-state index contributed by atoms with van der Waals surface area (Å²) in [5, 5.41) is 0.326. The molecule has 0 N–H and O–H groups in total. The van der Waals surface area contributed by atoms with Crippen LogP contribution in [0.5, 0.6) is 0 Å². The summed E-state index contributed by atoms with van der Waals surface area (Å²) in [5.41, 5.74) is 12.3. The first-order valence-electron chi connectivity index (χ1n) is 8.65. The number of allylic oxidation sites excluding steroid dienone is 8. The molecule has 2 rings (SSSR count). The molecular formula is C21H33B. The van der Waals surface area contributed by atoms with Crippen LogP contribution in [0.4, 0.5) is 0 Å². The van der Waals surface area contributed by atoms with Gasteiger partial charge in [0.15, 0.2) is 6.71 Å². The fraction of sp³-hybridized carbons (Fsp3) is 0.619. The summed E-state index contributed by atoms with van der Waals surface area (Å²) < 4.78 is 0. The standard InChI is InChI=1S/C21H33B/c1-12-13(2)17(6)20(9,16(12)5)22(11)21(10)18(7)14(3)15(4)19(21)8/h1-11H3. The number of hydrogen-bond donors (Lipinski definition) is 0. The van der Waals surface area contributed by atoms with E-state index >= 15 is 0 Å². The Morgan fingerprint density at radius 2 is 0.682 bits per heavy atom. The van der Waals surface area contributed by atoms with Gasteiger partial charge in [0.25, 0.3) is 0 Å². The highest BCUT2D eigenvalue weighted by Gasteiger charge is 2.53. The second-order valence-corrected chi connectivity index (χ2v) is 8.13. The van der Waals surface area contributed by atoms with Gasteiger partial charge < -0.3 is 0 Å². The van der Waals surface area contributed by atoms with Gasteiger partial charge in [-0.3, -0.25) is 0 Å². The smallest absolute Gasteiger partial charge is 0.0839 e. The Labute approximate surface area is 138 Å². The van der Waals surface area contributed by atoms with Gasteiger partial charge in [-0.1, -0.05) is 43.0 Å². The van der Waals surface area contributed by atoms with Gasteiger partial charge in [-0.25, -0.2) is 0 Å². The van der Waals surface area contributed by atoms with Crippen molar-refractivity contribution in [1.29, 1.82) is 0 Å². The predicted molar refractivity (Wildman–Crippen MR) is 102 cm³/mol. The molecule has 0 saturated heterocycles. The van der Waals surface area contributed by atoms with Gasteiger partial charge in [-0.2, -0.15) is 0 Å². The molecule has 0 aromatic heterocycles. The largest absolute Gasteiger partial charge is 0.169 e. The molecule has 0 radical (unpaired) electrons. The molecule has 22 heavy (non-hydrogen) atoms. The minimum atomic E-state index is 0.163. The summed E-state index contributed by atoms with van der Waals surface area (Å²) in [6.07, 6.45) is 0. The van der Waals surface area contributed by atoms with E-state index in [1.54, 1.807) is 22.3 Å². The molecule has 0 nitrogen and oxygen atoms in total. The fourth-order valence-corrected chi connectivity index (χ4v) is 5.12. The molecule has 0 amide bonds. The molecule has 0 aromatic carbocycles. The van der Waals surface area contributed by atoms with Crippen LogP contribution in [-0.2, 0) is 0 Å². The Kier molecular flexibility index (Phi) is 3.96. The van der Waals surface area contributed by atoms with E-state index < -0.39 is 0 Å². The maximum absolute atomic E-state index is 2.47. The van der Waals surface area contributed by atoms with Gasteiger partial charge in [0, 0.05) is 0 Å². The fourth-order valence-electron chi connectivity index (χ4n) is 5.12. The van der Waals surface area contributed by atoms with Gasteiger partial charge in [0.05, 0.1) is 0 Å². The maximum atomic E-state index is 2.47. The van der Waals surface area contributed by atoms with E-state index in [1.807, 2.05) is 0 Å². The van der Waals surface area contributed by atoms with Gasteiger partial charge in [0.1, 0.15) is 0 Å². The average molecular weight is 296 g/mol. The lowest BCUT2D eigenvalue weighted by Crippen LogP contribution is -2.40. The van der Waals surface area contributed by atoms with Gasteiger partial charge in [-0.05, 0) is 88.3 Å². The third-order valence-corrected chi connectivity index (χ3v) is 8.22. The van der Waals surface area contributed by atoms with Crippen LogP contribution in [0.25, 0.3) is 0 Å². The summed E-state index contributed by atoms with van der Waals surface area (Å²) in [5.74, 6) is 0. The molecule has 0 aliphatic heterocycles. The number of hydrogen-bond acceptors (Lipinski definition) is 0. The maximum Gasteiger partial charge on any atom is 0.169 e. The van der Waals surface area contributed by atoms with Crippen LogP contribution in [0.3, 0.4) is 0 Å². The summed E-state index contributed by atoms with van der Waals surface area (Å²) >= 11 is 0. The second kappa shape index (κ2) is 5.01. The number of rotatable bonds is 2. The highest BCUT2D eigenvalue weighted by Crippen LogP contribution is 2.64. The summed E-state index contributed by atoms with van der Waals surface area (Å²) in [7, 11) is 0. The van der Waals surface area contributed by atoms with Crippen molar-refractivity contribution >= 4 is 6.71 Å². The Balaban J connectivity index is 2.66. The van der Waals surface area contributed by atoms with E-state index in [4.69, 9.17) is 0 Å². The van der Waals surface area contributed by atoms with E-state index in [-0.39, 0.29) is 10.6 Å². The van der Waals surface area contributed by atoms with Crippen molar-refractivity contribution in [2.75, 3.05) is 0 Å². The predicted octanol–water partition coefficient (Wildman–Crippen LogP) is 7.00. The minimum Gasteiger partial charge on any atom is -0.0839 e. The van der Waals surface area contributed by atoms with Crippen molar-refractivity contribution in [3.63, 3.8) is 0 Å². The van der Waals surface area contributed by atoms with E-state index in [2.05, 4.69) is 76.1 Å². The van der Waals surface area contributed by atoms with Crippen LogP contribution in [-0.4, -0.2) is 6.71 Å². The zero-order chi connectivity index (χ0) is 17.2. The lowest BCUT2D eigenvalue weighted by molar-refractivity contribution is 0.725. The van der Waals surface area contributed by atoms with E-state index in [9.17, 15) is 0 Å². The summed E-state index contributed by atoms with van der Waals surface area (Å²) in [6, 6.07) is 0. The molecular weight excluding hydrogens is 263 g/mol. The van der Waals surface area contributed by atoms with Crippen molar-refractivity contribution in [3.8, 4) is 0 Å². The molecule has 0 unspecified atom stereocenters. The van der Waals surface area contributed by atoms with Gasteiger partial charge >= 0.3 is 0 Å². The quantitative estimate of drug-likeness (QED) is 0.481. The van der Waals surface area contributed by atoms with Crippen molar-refractivity contribution in [2.45, 2.75) is 86.7 Å². The summed E-state index contributed by atoms with van der Waals surface area (Å²) in [6.45, 7) is 26.5. The van der Waals surface area contributed by atoms with Gasteiger partial charge in [0.2, 0.25) is 0 Å². The molecule has 0 aromatic rings. The highest BCUT2D eigenvalue weighted by molar-refractivity contribution is 6.68. The molecule has 1 heteroatoms. The molecule has 120 valence electrons. The Morgan fingerprint density at radius 1 is 0.500 bits per heavy atom. The van der Waals surface area contributed by atoms with Crippen LogP contribution >= 0.6 is 0 Å². The lowest BCUT2D eigenvalue weighted by Gasteiger charge is -2.45. The minimum absolute atomic E-state index is 0.163. The molecule has 2 aliphatic rings. The monoisotopic (exact) mass is 296 g/mol. The topological polar surface area (TPSA) is 0 Å². The van der Waals surface area contributed by atoms with Crippen LogP contribution in [0.1, 0.15) is 69.2 Å². The average Bonchev–Trinajstić information content (AvgIpc) is 2.75. The first-order valence-corrected chi connectivity index (χ1v) is 8.65. The molecule has 0 atom stereocenters. The summed E-state index contributed by atoms with van der Waals surface area (Å²) in [4.78, 5) is 0. The third-order valence-electron chi connectivity index (χ3n) is 8.22. The van der Waals surface area contributed by atoms with Crippen molar-refractivity contribution in [3.05, 3.63) is 44.6 Å². The normalized spacial score (nSPS) is 24.1. The first-order chi connectivity index (χ1) is 9.93. The Bertz CT molecular complexity index is 558. The molecule has 0 saturated carbocycles. The molecule has 0 bridgehead atoms. The van der Waals surface area contributed by atoms with E-state index in [1.165, 1.54) is 22.3 Å². The van der Waals surface area contributed by atoms with Crippen molar-refractivity contribution in [1.82, 2.24) is 0 Å². The molecule has 0 spiro atoms. The molecule has 0 heterocycles. The zero-order valence-electron chi connectivity index (χ0n) is 16.6. The van der Waals surface area contributed by atoms with E-state index in [0.29, 0.717) is 6.71 Å². The van der Waals surface area contributed by atoms with Crippen molar-refractivity contribution < 1.29 is 0 Å². The second-order valence-electron chi connectivity index (χ2n) is 8.13. The zero-order valence-corrected chi connectivity index (χ0v) is 16.6. The van der Waals surface area contributed by atoms with Crippen LogP contribution < -0.4 is 0 Å². The van der Waals surface area contributed by atoms with Crippen LogP contribution in [0.2, 0.25) is 17.5 Å². The Morgan fingerprint density at radius 3 is 0.864 bits per heavy atom. The Hall–Kier alpha value is -0.975. The first kappa shape index (κ1) is 17.4. The van der Waals surface area contributed by atoms with Gasteiger partial charge in [-0.15, -0.1) is 0 Å². The highest BCUT2D eigenvalue weighted by atomic mass is 14.4. The third kappa shape index (κ3) is 1.77.